The molecule has 2 saturated heterocycles. The van der Waals surface area contributed by atoms with Gasteiger partial charge < -0.3 is 25.4 Å². The first-order chi connectivity index (χ1) is 21.6. The lowest BCUT2D eigenvalue weighted by Crippen LogP contribution is -2.51. The summed E-state index contributed by atoms with van der Waals surface area (Å²) in [5, 5.41) is 25.5. The summed E-state index contributed by atoms with van der Waals surface area (Å²) in [6.07, 6.45) is 5.27. The highest BCUT2D eigenvalue weighted by molar-refractivity contribution is 5.96. The Balaban J connectivity index is 1.13. The first-order valence-electron chi connectivity index (χ1n) is 14.8. The van der Waals surface area contributed by atoms with Crippen molar-refractivity contribution in [1.82, 2.24) is 29.5 Å². The van der Waals surface area contributed by atoms with E-state index in [9.17, 15) is 18.7 Å². The molecule has 2 aliphatic heterocycles. The molecule has 45 heavy (non-hydrogen) atoms. The van der Waals surface area contributed by atoms with Gasteiger partial charge in [0.15, 0.2) is 29.6 Å². The molecule has 3 N–H and O–H groups in total. The molecule has 1 amide bonds. The number of imidazole rings is 1. The normalized spacial score (nSPS) is 20.4. The predicted octanol–water partition coefficient (Wildman–Crippen LogP) is 3.50. The Labute approximate surface area is 259 Å². The number of aromatic nitrogens is 3. The molecular weight excluding hydrogens is 582 g/mol. The van der Waals surface area contributed by atoms with Crippen LogP contribution < -0.4 is 15.4 Å². The zero-order valence-electron chi connectivity index (χ0n) is 25.1. The van der Waals surface area contributed by atoms with Crippen LogP contribution in [0.15, 0.2) is 48.9 Å². The van der Waals surface area contributed by atoms with Gasteiger partial charge in [-0.1, -0.05) is 0 Å². The molecule has 0 spiro atoms. The standard InChI is InChI=1S/C32H34F2N8O3/c1-20-15-21(3-4-23(20)31(43)41-12-10-40(11-13-41)18-22-16-32(2,44)19-38-22)39-29-30-37-17-25(42(30)9-8-36-29)24-5-6-26(45-14-7-35)28(34)27(24)33/h3-6,8-9,15,17,22,38,44H,10-14,16,18-19H2,1-2H3,(H,36,39)/t22-,32+/m0/s1. The third kappa shape index (κ3) is 6.30. The average molecular weight is 617 g/mol. The largest absolute Gasteiger partial charge is 0.476 e. The van der Waals surface area contributed by atoms with Gasteiger partial charge in [0.2, 0.25) is 5.82 Å². The molecule has 0 aliphatic carbocycles. The summed E-state index contributed by atoms with van der Waals surface area (Å²) in [5.41, 5.74) is 2.13. The van der Waals surface area contributed by atoms with Crippen molar-refractivity contribution in [3.8, 4) is 23.1 Å². The van der Waals surface area contributed by atoms with E-state index in [4.69, 9.17) is 10.00 Å². The van der Waals surface area contributed by atoms with E-state index in [1.165, 1.54) is 24.5 Å². The van der Waals surface area contributed by atoms with E-state index in [0.29, 0.717) is 48.0 Å². The van der Waals surface area contributed by atoms with E-state index >= 15 is 0 Å². The number of aliphatic hydroxyl groups is 1. The smallest absolute Gasteiger partial charge is 0.254 e. The summed E-state index contributed by atoms with van der Waals surface area (Å²) in [7, 11) is 0. The summed E-state index contributed by atoms with van der Waals surface area (Å²) in [6, 6.07) is 10.1. The van der Waals surface area contributed by atoms with Crippen molar-refractivity contribution in [2.24, 2.45) is 0 Å². The number of hydrogen-bond donors (Lipinski definition) is 3. The number of anilines is 2. The molecule has 2 aliphatic rings. The van der Waals surface area contributed by atoms with Crippen LogP contribution in [0.25, 0.3) is 16.9 Å². The first kappa shape index (κ1) is 30.4. The highest BCUT2D eigenvalue weighted by Crippen LogP contribution is 2.32. The molecule has 0 unspecified atom stereocenters. The minimum Gasteiger partial charge on any atom is -0.476 e. The lowest BCUT2D eigenvalue weighted by molar-refractivity contribution is 0.0609. The Morgan fingerprint density at radius 3 is 2.71 bits per heavy atom. The van der Waals surface area contributed by atoms with Crippen molar-refractivity contribution in [3.05, 3.63) is 71.7 Å². The maximum absolute atomic E-state index is 15.0. The molecule has 6 rings (SSSR count). The van der Waals surface area contributed by atoms with E-state index in [1.54, 1.807) is 28.8 Å². The number of halogens is 2. The molecule has 2 atom stereocenters. The minimum absolute atomic E-state index is 0.0166. The molecule has 2 aromatic carbocycles. The van der Waals surface area contributed by atoms with Gasteiger partial charge in [0, 0.05) is 74.5 Å². The quantitative estimate of drug-likeness (QED) is 0.272. The second-order valence-corrected chi connectivity index (χ2v) is 11.8. The zero-order valence-corrected chi connectivity index (χ0v) is 25.1. The third-order valence-electron chi connectivity index (χ3n) is 8.36. The number of benzene rings is 2. The van der Waals surface area contributed by atoms with E-state index in [0.717, 1.165) is 31.6 Å². The number of carbonyl (C=O) groups excluding carboxylic acids is 1. The number of β-amino-alcohol motifs (C(OH)–C–C–N with tert-alkyl or cyclic N) is 1. The monoisotopic (exact) mass is 616 g/mol. The summed E-state index contributed by atoms with van der Waals surface area (Å²) in [4.78, 5) is 26.4. The van der Waals surface area contributed by atoms with Crippen molar-refractivity contribution >= 4 is 23.1 Å². The van der Waals surface area contributed by atoms with Crippen LogP contribution in [-0.4, -0.2) is 92.7 Å². The van der Waals surface area contributed by atoms with Crippen molar-refractivity contribution in [3.63, 3.8) is 0 Å². The van der Waals surface area contributed by atoms with Crippen molar-refractivity contribution in [1.29, 1.82) is 5.26 Å². The lowest BCUT2D eigenvalue weighted by Gasteiger charge is -2.36. The maximum Gasteiger partial charge on any atom is 0.254 e. The van der Waals surface area contributed by atoms with Crippen LogP contribution in [-0.2, 0) is 0 Å². The number of rotatable bonds is 8. The van der Waals surface area contributed by atoms with Crippen LogP contribution in [0.2, 0.25) is 0 Å². The average Bonchev–Trinajstić information content (AvgIpc) is 3.61. The Morgan fingerprint density at radius 2 is 2.00 bits per heavy atom. The molecule has 4 aromatic rings. The van der Waals surface area contributed by atoms with E-state index in [-0.39, 0.29) is 23.3 Å². The Hall–Kier alpha value is -4.64. The molecular formula is C32H34F2N8O3. The zero-order chi connectivity index (χ0) is 31.7. The van der Waals surface area contributed by atoms with Gasteiger partial charge in [-0.05, 0) is 56.2 Å². The number of nitriles is 1. The Morgan fingerprint density at radius 1 is 1.20 bits per heavy atom. The molecule has 2 aromatic heterocycles. The number of nitrogens with one attached hydrogen (secondary N) is 2. The van der Waals surface area contributed by atoms with E-state index < -0.39 is 23.8 Å². The topological polar surface area (TPSA) is 131 Å². The van der Waals surface area contributed by atoms with Crippen LogP contribution in [0.3, 0.4) is 0 Å². The number of ether oxygens (including phenoxy) is 1. The third-order valence-corrected chi connectivity index (χ3v) is 8.36. The summed E-state index contributed by atoms with van der Waals surface area (Å²) >= 11 is 0. The number of hydrogen-bond acceptors (Lipinski definition) is 9. The second kappa shape index (κ2) is 12.4. The van der Waals surface area contributed by atoms with Gasteiger partial charge in [-0.25, -0.2) is 14.4 Å². The number of fused-ring (bicyclic) bond motifs is 1. The molecule has 11 nitrogen and oxygen atoms in total. The van der Waals surface area contributed by atoms with Crippen molar-refractivity contribution in [2.75, 3.05) is 51.2 Å². The first-order valence-corrected chi connectivity index (χ1v) is 14.8. The van der Waals surface area contributed by atoms with Crippen molar-refractivity contribution in [2.45, 2.75) is 31.9 Å². The second-order valence-electron chi connectivity index (χ2n) is 11.8. The van der Waals surface area contributed by atoms with Crippen LogP contribution in [0, 0.1) is 29.9 Å². The van der Waals surface area contributed by atoms with Crippen LogP contribution >= 0.6 is 0 Å². The molecule has 0 bridgehead atoms. The SMILES string of the molecule is Cc1cc(Nc2nccn3c(-c4ccc(OCC#N)c(F)c4F)cnc23)ccc1C(=O)N1CCN(C[C@@H]2C[C@@](C)(O)CN2)CC1. The molecule has 4 heterocycles. The lowest BCUT2D eigenvalue weighted by atomic mass is 10.0. The fourth-order valence-electron chi connectivity index (χ4n) is 6.06. The van der Waals surface area contributed by atoms with Crippen LogP contribution in [0.4, 0.5) is 20.3 Å². The van der Waals surface area contributed by atoms with Gasteiger partial charge in [-0.15, -0.1) is 0 Å². The van der Waals surface area contributed by atoms with Crippen molar-refractivity contribution < 1.29 is 23.4 Å². The fraction of sp³-hybridized carbons (Fsp3) is 0.375. The van der Waals surface area contributed by atoms with E-state index in [1.807, 2.05) is 24.8 Å². The molecule has 13 heteroatoms. The van der Waals surface area contributed by atoms with Gasteiger partial charge in [-0.2, -0.15) is 9.65 Å². The maximum atomic E-state index is 15.0. The summed E-state index contributed by atoms with van der Waals surface area (Å²) < 4.78 is 36.1. The van der Waals surface area contributed by atoms with Gasteiger partial charge in [0.1, 0.15) is 6.07 Å². The van der Waals surface area contributed by atoms with Gasteiger partial charge in [-0.3, -0.25) is 14.1 Å². The highest BCUT2D eigenvalue weighted by Gasteiger charge is 2.34. The van der Waals surface area contributed by atoms with Crippen LogP contribution in [0.5, 0.6) is 5.75 Å². The summed E-state index contributed by atoms with van der Waals surface area (Å²) in [6.45, 7) is 7.63. The number of aryl methyl sites for hydroxylation is 1. The number of amides is 1. The number of nitrogens with zero attached hydrogens (tertiary/aromatic N) is 6. The molecule has 2 fully saturated rings. The van der Waals surface area contributed by atoms with Gasteiger partial charge in [0.25, 0.3) is 5.91 Å². The van der Waals surface area contributed by atoms with Crippen LogP contribution in [0.1, 0.15) is 29.3 Å². The molecule has 234 valence electrons. The number of piperazine rings is 1. The van der Waals surface area contributed by atoms with Gasteiger partial charge >= 0.3 is 0 Å². The van der Waals surface area contributed by atoms with E-state index in [2.05, 4.69) is 25.5 Å². The van der Waals surface area contributed by atoms with Gasteiger partial charge in [0.05, 0.1) is 17.5 Å². The Kier molecular flexibility index (Phi) is 8.37. The number of carbonyl (C=O) groups is 1. The fourth-order valence-corrected chi connectivity index (χ4v) is 6.06. The molecule has 0 saturated carbocycles. The predicted molar refractivity (Wildman–Crippen MR) is 163 cm³/mol. The highest BCUT2D eigenvalue weighted by atomic mass is 19.2. The summed E-state index contributed by atoms with van der Waals surface area (Å²) in [5.74, 6) is -2.27. The molecule has 0 radical (unpaired) electrons. The Bertz CT molecular complexity index is 1780. The minimum atomic E-state index is -1.19.